The van der Waals surface area contributed by atoms with Gasteiger partial charge in [0.2, 0.25) is 0 Å². The van der Waals surface area contributed by atoms with Gasteiger partial charge in [-0.15, -0.1) is 0 Å². The van der Waals surface area contributed by atoms with Gasteiger partial charge < -0.3 is 5.73 Å². The van der Waals surface area contributed by atoms with Gasteiger partial charge >= 0.3 is 6.18 Å². The fourth-order valence-corrected chi connectivity index (χ4v) is 1.99. The first kappa shape index (κ1) is 14.7. The van der Waals surface area contributed by atoms with Gasteiger partial charge in [0.1, 0.15) is 5.82 Å². The second-order valence-electron chi connectivity index (χ2n) is 4.11. The first-order valence-corrected chi connectivity index (χ1v) is 5.90. The highest BCUT2D eigenvalue weighted by atomic mass is 35.5. The monoisotopic (exact) mass is 304 g/mol. The SMILES string of the molecule is NC(c1ccc(F)c(Cl)c1)c1cnccc1C(F)(F)F. The lowest BCUT2D eigenvalue weighted by atomic mass is 9.96. The smallest absolute Gasteiger partial charge is 0.320 e. The Balaban J connectivity index is 2.48. The molecule has 0 aliphatic heterocycles. The summed E-state index contributed by atoms with van der Waals surface area (Å²) in [6, 6.07) is 3.30. The molecule has 1 aromatic carbocycles. The zero-order chi connectivity index (χ0) is 14.9. The highest BCUT2D eigenvalue weighted by molar-refractivity contribution is 6.30. The molecule has 0 fully saturated rings. The predicted octanol–water partition coefficient (Wildman–Crippen LogP) is 3.94. The minimum Gasteiger partial charge on any atom is -0.320 e. The molecule has 2 aromatic rings. The molecule has 2 nitrogen and oxygen atoms in total. The van der Waals surface area contributed by atoms with E-state index in [0.717, 1.165) is 24.5 Å². The summed E-state index contributed by atoms with van der Waals surface area (Å²) < 4.78 is 51.8. The molecule has 0 saturated carbocycles. The number of alkyl halides is 3. The van der Waals surface area contributed by atoms with Gasteiger partial charge in [-0.2, -0.15) is 13.2 Å². The first-order valence-electron chi connectivity index (χ1n) is 5.52. The second-order valence-corrected chi connectivity index (χ2v) is 4.52. The van der Waals surface area contributed by atoms with Crippen LogP contribution in [0.3, 0.4) is 0 Å². The molecule has 1 aromatic heterocycles. The number of nitrogens with two attached hydrogens (primary N) is 1. The lowest BCUT2D eigenvalue weighted by Crippen LogP contribution is -2.18. The number of nitrogens with zero attached hydrogens (tertiary/aromatic N) is 1. The van der Waals surface area contributed by atoms with E-state index in [1.807, 2.05) is 0 Å². The topological polar surface area (TPSA) is 38.9 Å². The van der Waals surface area contributed by atoms with E-state index in [9.17, 15) is 17.6 Å². The molecule has 0 radical (unpaired) electrons. The van der Waals surface area contributed by atoms with Crippen molar-refractivity contribution in [1.29, 1.82) is 0 Å². The summed E-state index contributed by atoms with van der Waals surface area (Å²) in [7, 11) is 0. The Hall–Kier alpha value is -1.66. The molecule has 0 spiro atoms. The van der Waals surface area contributed by atoms with E-state index in [1.165, 1.54) is 12.1 Å². The van der Waals surface area contributed by atoms with E-state index < -0.39 is 23.6 Å². The summed E-state index contributed by atoms with van der Waals surface area (Å²) in [6.07, 6.45) is -2.46. The van der Waals surface area contributed by atoms with E-state index in [1.54, 1.807) is 0 Å². The predicted molar refractivity (Wildman–Crippen MR) is 66.7 cm³/mol. The van der Waals surface area contributed by atoms with Crippen molar-refractivity contribution in [2.75, 3.05) is 0 Å². The molecule has 7 heteroatoms. The molecule has 0 aliphatic carbocycles. The Morgan fingerprint density at radius 1 is 1.20 bits per heavy atom. The fourth-order valence-electron chi connectivity index (χ4n) is 1.80. The van der Waals surface area contributed by atoms with Crippen molar-refractivity contribution in [2.24, 2.45) is 5.73 Å². The molecule has 2 rings (SSSR count). The molecule has 2 N–H and O–H groups in total. The largest absolute Gasteiger partial charge is 0.416 e. The Kier molecular flexibility index (Phi) is 3.96. The molecular weight excluding hydrogens is 296 g/mol. The highest BCUT2D eigenvalue weighted by Gasteiger charge is 2.35. The normalized spacial score (nSPS) is 13.3. The molecule has 0 bridgehead atoms. The van der Waals surface area contributed by atoms with Gasteiger partial charge in [0.05, 0.1) is 16.6 Å². The van der Waals surface area contributed by atoms with Gasteiger partial charge in [-0.3, -0.25) is 4.98 Å². The van der Waals surface area contributed by atoms with E-state index in [0.29, 0.717) is 0 Å². The molecule has 1 heterocycles. The Morgan fingerprint density at radius 2 is 1.90 bits per heavy atom. The van der Waals surface area contributed by atoms with Gasteiger partial charge in [-0.05, 0) is 23.8 Å². The maximum absolute atomic E-state index is 13.1. The van der Waals surface area contributed by atoms with Crippen LogP contribution in [0.25, 0.3) is 0 Å². The standard InChI is InChI=1S/C13H9ClF4N2/c14-10-5-7(1-2-11(10)15)12(19)8-6-20-4-3-9(8)13(16,17)18/h1-6,12H,19H2. The summed E-state index contributed by atoms with van der Waals surface area (Å²) in [5, 5.41) is -0.199. The molecule has 0 aliphatic rings. The summed E-state index contributed by atoms with van der Waals surface area (Å²) >= 11 is 5.61. The van der Waals surface area contributed by atoms with Gasteiger partial charge in [0.15, 0.2) is 0 Å². The molecule has 1 atom stereocenters. The Labute approximate surface area is 117 Å². The third kappa shape index (κ3) is 2.91. The average molecular weight is 305 g/mol. The van der Waals surface area contributed by atoms with Crippen LogP contribution in [0.2, 0.25) is 5.02 Å². The highest BCUT2D eigenvalue weighted by Crippen LogP contribution is 2.35. The molecule has 20 heavy (non-hydrogen) atoms. The Morgan fingerprint density at radius 3 is 2.50 bits per heavy atom. The van der Waals surface area contributed by atoms with Gasteiger partial charge in [0.25, 0.3) is 0 Å². The van der Waals surface area contributed by atoms with Crippen LogP contribution >= 0.6 is 11.6 Å². The summed E-state index contributed by atoms with van der Waals surface area (Å²) in [6.45, 7) is 0. The zero-order valence-corrected chi connectivity index (χ0v) is 10.7. The number of pyridine rings is 1. The number of halogens is 5. The fraction of sp³-hybridized carbons (Fsp3) is 0.154. The van der Waals surface area contributed by atoms with Crippen molar-refractivity contribution in [3.63, 3.8) is 0 Å². The lowest BCUT2D eigenvalue weighted by molar-refractivity contribution is -0.138. The minimum atomic E-state index is -4.54. The first-order chi connectivity index (χ1) is 9.30. The van der Waals surface area contributed by atoms with Crippen LogP contribution in [0, 0.1) is 5.82 Å². The van der Waals surface area contributed by atoms with Crippen molar-refractivity contribution >= 4 is 11.6 Å². The van der Waals surface area contributed by atoms with Crippen LogP contribution in [0.5, 0.6) is 0 Å². The summed E-state index contributed by atoms with van der Waals surface area (Å²) in [5.41, 5.74) is 5.02. The average Bonchev–Trinajstić information content (AvgIpc) is 2.40. The molecule has 1 unspecified atom stereocenters. The van der Waals surface area contributed by atoms with E-state index in [2.05, 4.69) is 4.98 Å². The Bertz CT molecular complexity index is 628. The minimum absolute atomic E-state index is 0.192. The summed E-state index contributed by atoms with van der Waals surface area (Å²) in [4.78, 5) is 3.66. The lowest BCUT2D eigenvalue weighted by Gasteiger charge is -2.18. The molecule has 0 amide bonds. The number of rotatable bonds is 2. The van der Waals surface area contributed by atoms with Crippen LogP contribution in [-0.2, 0) is 6.18 Å². The van der Waals surface area contributed by atoms with Crippen LogP contribution in [0.1, 0.15) is 22.7 Å². The zero-order valence-electron chi connectivity index (χ0n) is 9.96. The van der Waals surface area contributed by atoms with Crippen LogP contribution in [-0.4, -0.2) is 4.98 Å². The number of hydrogen-bond acceptors (Lipinski definition) is 2. The quantitative estimate of drug-likeness (QED) is 0.854. The van der Waals surface area contributed by atoms with E-state index in [-0.39, 0.29) is 16.1 Å². The molecule has 106 valence electrons. The van der Waals surface area contributed by atoms with E-state index >= 15 is 0 Å². The van der Waals surface area contributed by atoms with Crippen LogP contribution in [0.15, 0.2) is 36.7 Å². The molecular formula is C13H9ClF4N2. The van der Waals surface area contributed by atoms with Gasteiger partial charge in [-0.1, -0.05) is 17.7 Å². The number of hydrogen-bond donors (Lipinski definition) is 1. The van der Waals surface area contributed by atoms with E-state index in [4.69, 9.17) is 17.3 Å². The van der Waals surface area contributed by atoms with Crippen molar-refractivity contribution in [3.05, 3.63) is 64.2 Å². The molecule has 0 saturated heterocycles. The van der Waals surface area contributed by atoms with Gasteiger partial charge in [-0.25, -0.2) is 4.39 Å². The number of benzene rings is 1. The third-order valence-electron chi connectivity index (χ3n) is 2.80. The number of aromatic nitrogens is 1. The maximum atomic E-state index is 13.1. The summed E-state index contributed by atoms with van der Waals surface area (Å²) in [5.74, 6) is -0.662. The van der Waals surface area contributed by atoms with Crippen molar-refractivity contribution in [2.45, 2.75) is 12.2 Å². The van der Waals surface area contributed by atoms with Crippen molar-refractivity contribution < 1.29 is 17.6 Å². The maximum Gasteiger partial charge on any atom is 0.416 e. The van der Waals surface area contributed by atoms with Crippen molar-refractivity contribution in [1.82, 2.24) is 4.98 Å². The second kappa shape index (κ2) is 5.38. The van der Waals surface area contributed by atoms with Gasteiger partial charge in [0, 0.05) is 18.0 Å². The van der Waals surface area contributed by atoms with Crippen LogP contribution < -0.4 is 5.73 Å². The van der Waals surface area contributed by atoms with Crippen LogP contribution in [0.4, 0.5) is 17.6 Å². The third-order valence-corrected chi connectivity index (χ3v) is 3.08. The van der Waals surface area contributed by atoms with Crippen molar-refractivity contribution in [3.8, 4) is 0 Å².